The number of nitrogens with two attached hydrogens (primary N) is 1. The molecule has 2 aliphatic heterocycles. The number of nitrogens with zero attached hydrogens (tertiary/aromatic N) is 4. The number of nitrogens with one attached hydrogen (secondary N) is 1. The fourth-order valence-electron chi connectivity index (χ4n) is 4.92. The quantitative estimate of drug-likeness (QED) is 0.536. The van der Waals surface area contributed by atoms with Gasteiger partial charge in [0, 0.05) is 38.5 Å². The van der Waals surface area contributed by atoms with Gasteiger partial charge in [0.25, 0.3) is 5.91 Å². The number of likely N-dealkylation sites (tertiary alicyclic amines) is 1. The highest BCUT2D eigenvalue weighted by molar-refractivity contribution is 5.96. The molecule has 1 atom stereocenters. The SMILES string of the molecule is CC(C)(C)OC(=O)N1CCC(c2ccc(Nc3nc(N4CCCC(CO)C4)cnc3C(N)=O)cc2)CC1. The molecule has 0 bridgehead atoms. The number of ether oxygens (including phenoxy) is 1. The molecule has 0 radical (unpaired) electrons. The summed E-state index contributed by atoms with van der Waals surface area (Å²) in [5, 5.41) is 12.8. The molecule has 2 saturated heterocycles. The highest BCUT2D eigenvalue weighted by Crippen LogP contribution is 2.31. The number of benzene rings is 1. The van der Waals surface area contributed by atoms with Gasteiger partial charge in [0.05, 0.1) is 6.20 Å². The Morgan fingerprint density at radius 2 is 1.84 bits per heavy atom. The van der Waals surface area contributed by atoms with E-state index in [9.17, 15) is 14.7 Å². The Bertz CT molecular complexity index is 1090. The second-order valence-electron chi connectivity index (χ2n) is 10.9. The monoisotopic (exact) mass is 510 g/mol. The topological polar surface area (TPSA) is 134 Å². The van der Waals surface area contributed by atoms with Crippen LogP contribution >= 0.6 is 0 Å². The number of amides is 2. The Labute approximate surface area is 218 Å². The summed E-state index contributed by atoms with van der Waals surface area (Å²) in [5.41, 5.74) is 7.12. The van der Waals surface area contributed by atoms with E-state index in [0.717, 1.165) is 37.9 Å². The molecule has 37 heavy (non-hydrogen) atoms. The van der Waals surface area contributed by atoms with E-state index in [-0.39, 0.29) is 24.3 Å². The van der Waals surface area contributed by atoms with Crippen LogP contribution in [0.3, 0.4) is 0 Å². The minimum Gasteiger partial charge on any atom is -0.444 e. The number of hydrogen-bond donors (Lipinski definition) is 3. The van der Waals surface area contributed by atoms with E-state index in [4.69, 9.17) is 10.5 Å². The molecule has 10 nitrogen and oxygen atoms in total. The van der Waals surface area contributed by atoms with Crippen LogP contribution in [-0.4, -0.2) is 70.4 Å². The maximum absolute atomic E-state index is 12.3. The van der Waals surface area contributed by atoms with Crippen LogP contribution in [0.15, 0.2) is 30.5 Å². The predicted molar refractivity (Wildman–Crippen MR) is 142 cm³/mol. The lowest BCUT2D eigenvalue weighted by Gasteiger charge is -2.33. The summed E-state index contributed by atoms with van der Waals surface area (Å²) >= 11 is 0. The number of hydrogen-bond acceptors (Lipinski definition) is 8. The molecular formula is C27H38N6O4. The summed E-state index contributed by atoms with van der Waals surface area (Å²) in [6.45, 7) is 8.62. The summed E-state index contributed by atoms with van der Waals surface area (Å²) in [5.74, 6) is 0.872. The highest BCUT2D eigenvalue weighted by atomic mass is 16.6. The van der Waals surface area contributed by atoms with E-state index in [1.807, 2.05) is 32.9 Å². The molecular weight excluding hydrogens is 472 g/mol. The third-order valence-corrected chi connectivity index (χ3v) is 6.89. The lowest BCUT2D eigenvalue weighted by atomic mass is 9.89. The van der Waals surface area contributed by atoms with E-state index in [2.05, 4.69) is 32.3 Å². The molecule has 10 heteroatoms. The van der Waals surface area contributed by atoms with Gasteiger partial charge in [0.1, 0.15) is 11.4 Å². The van der Waals surface area contributed by atoms with Crippen LogP contribution in [0.1, 0.15) is 68.4 Å². The number of carbonyl (C=O) groups excluding carboxylic acids is 2. The molecule has 2 fully saturated rings. The van der Waals surface area contributed by atoms with Crippen molar-refractivity contribution in [1.29, 1.82) is 0 Å². The van der Waals surface area contributed by atoms with Crippen LogP contribution in [0.2, 0.25) is 0 Å². The summed E-state index contributed by atoms with van der Waals surface area (Å²) in [7, 11) is 0. The van der Waals surface area contributed by atoms with E-state index in [0.29, 0.717) is 37.2 Å². The van der Waals surface area contributed by atoms with Gasteiger partial charge in [0.2, 0.25) is 0 Å². The van der Waals surface area contributed by atoms with Gasteiger partial charge in [-0.3, -0.25) is 4.79 Å². The minimum absolute atomic E-state index is 0.0815. The number of rotatable bonds is 6. The molecule has 3 heterocycles. The first-order valence-electron chi connectivity index (χ1n) is 13.0. The standard InChI is InChI=1S/C27H38N6O4/c1-27(2,3)37-26(36)32-13-10-20(11-14-32)19-6-8-21(9-7-19)30-25-23(24(28)35)29-15-22(31-25)33-12-4-5-18(16-33)17-34/h6-9,15,18,20,34H,4-5,10-14,16-17H2,1-3H3,(H2,28,35)(H,30,31). The van der Waals surface area contributed by atoms with Crippen molar-refractivity contribution >= 4 is 29.3 Å². The molecule has 0 aliphatic carbocycles. The number of primary amides is 1. The van der Waals surface area contributed by atoms with Crippen LogP contribution < -0.4 is 16.0 Å². The molecule has 0 spiro atoms. The van der Waals surface area contributed by atoms with Crippen LogP contribution in [0.5, 0.6) is 0 Å². The van der Waals surface area contributed by atoms with E-state index >= 15 is 0 Å². The fraction of sp³-hybridized carbons (Fsp3) is 0.556. The number of aliphatic hydroxyl groups is 1. The molecule has 2 amide bonds. The van der Waals surface area contributed by atoms with Gasteiger partial charge >= 0.3 is 6.09 Å². The lowest BCUT2D eigenvalue weighted by molar-refractivity contribution is 0.0204. The average Bonchev–Trinajstić information content (AvgIpc) is 2.88. The minimum atomic E-state index is -0.651. The van der Waals surface area contributed by atoms with Crippen molar-refractivity contribution in [2.75, 3.05) is 43.0 Å². The summed E-state index contributed by atoms with van der Waals surface area (Å²) in [4.78, 5) is 37.2. The molecule has 4 rings (SSSR count). The van der Waals surface area contributed by atoms with Crippen LogP contribution in [0, 0.1) is 5.92 Å². The zero-order chi connectivity index (χ0) is 26.6. The first kappa shape index (κ1) is 26.7. The molecule has 1 aromatic heterocycles. The molecule has 1 aromatic carbocycles. The summed E-state index contributed by atoms with van der Waals surface area (Å²) in [6, 6.07) is 8.04. The second-order valence-corrected chi connectivity index (χ2v) is 10.9. The molecule has 1 unspecified atom stereocenters. The number of carbonyl (C=O) groups is 2. The Balaban J connectivity index is 1.41. The van der Waals surface area contributed by atoms with Crippen molar-refractivity contribution in [2.45, 2.75) is 58.0 Å². The lowest BCUT2D eigenvalue weighted by Crippen LogP contribution is -2.41. The third kappa shape index (κ3) is 6.88. The predicted octanol–water partition coefficient (Wildman–Crippen LogP) is 3.64. The molecule has 0 saturated carbocycles. The van der Waals surface area contributed by atoms with Crippen LogP contribution in [0.4, 0.5) is 22.1 Å². The van der Waals surface area contributed by atoms with Crippen molar-refractivity contribution in [1.82, 2.24) is 14.9 Å². The van der Waals surface area contributed by atoms with Crippen LogP contribution in [0.25, 0.3) is 0 Å². The van der Waals surface area contributed by atoms with Crippen LogP contribution in [-0.2, 0) is 4.74 Å². The van der Waals surface area contributed by atoms with Gasteiger partial charge in [-0.15, -0.1) is 0 Å². The number of aliphatic hydroxyl groups excluding tert-OH is 1. The maximum Gasteiger partial charge on any atom is 0.410 e. The van der Waals surface area contributed by atoms with Crippen molar-refractivity contribution in [3.63, 3.8) is 0 Å². The van der Waals surface area contributed by atoms with Gasteiger partial charge in [-0.1, -0.05) is 12.1 Å². The van der Waals surface area contributed by atoms with Crippen molar-refractivity contribution in [2.24, 2.45) is 11.7 Å². The normalized spacial score (nSPS) is 19.0. The van der Waals surface area contributed by atoms with Crippen molar-refractivity contribution in [3.8, 4) is 0 Å². The summed E-state index contributed by atoms with van der Waals surface area (Å²) in [6.07, 6.45) is 5.00. The number of aromatic nitrogens is 2. The third-order valence-electron chi connectivity index (χ3n) is 6.89. The molecule has 2 aromatic rings. The number of piperidine rings is 2. The van der Waals surface area contributed by atoms with Gasteiger partial charge in [-0.2, -0.15) is 0 Å². The van der Waals surface area contributed by atoms with Gasteiger partial charge in [-0.25, -0.2) is 14.8 Å². The van der Waals surface area contributed by atoms with Crippen molar-refractivity contribution < 1.29 is 19.4 Å². The molecule has 200 valence electrons. The van der Waals surface area contributed by atoms with Gasteiger partial charge in [0.15, 0.2) is 11.5 Å². The first-order chi connectivity index (χ1) is 17.6. The van der Waals surface area contributed by atoms with Crippen molar-refractivity contribution in [3.05, 3.63) is 41.7 Å². The average molecular weight is 511 g/mol. The number of anilines is 3. The zero-order valence-electron chi connectivity index (χ0n) is 21.9. The van der Waals surface area contributed by atoms with Gasteiger partial charge < -0.3 is 30.7 Å². The van der Waals surface area contributed by atoms with Gasteiger partial charge in [-0.05, 0) is 76.0 Å². The Hall–Kier alpha value is -3.40. The molecule has 4 N–H and O–H groups in total. The summed E-state index contributed by atoms with van der Waals surface area (Å²) < 4.78 is 5.50. The Morgan fingerprint density at radius 1 is 1.14 bits per heavy atom. The smallest absolute Gasteiger partial charge is 0.410 e. The Morgan fingerprint density at radius 3 is 2.46 bits per heavy atom. The first-order valence-corrected chi connectivity index (χ1v) is 13.0. The fourth-order valence-corrected chi connectivity index (χ4v) is 4.92. The van der Waals surface area contributed by atoms with E-state index in [1.54, 1.807) is 11.1 Å². The highest BCUT2D eigenvalue weighted by Gasteiger charge is 2.28. The van der Waals surface area contributed by atoms with E-state index in [1.165, 1.54) is 5.56 Å². The zero-order valence-corrected chi connectivity index (χ0v) is 21.9. The largest absolute Gasteiger partial charge is 0.444 e. The van der Waals surface area contributed by atoms with E-state index < -0.39 is 11.5 Å². The maximum atomic E-state index is 12.3. The second kappa shape index (κ2) is 11.3. The molecule has 2 aliphatic rings. The Kier molecular flexibility index (Phi) is 8.16.